The molecule has 1 aliphatic heterocycles. The van der Waals surface area contributed by atoms with Crippen molar-refractivity contribution in [2.24, 2.45) is 5.92 Å². The summed E-state index contributed by atoms with van der Waals surface area (Å²) in [5.74, 6) is 0.942. The van der Waals surface area contributed by atoms with E-state index >= 15 is 0 Å². The minimum atomic E-state index is 0.425. The second-order valence-electron chi connectivity index (χ2n) is 5.68. The van der Waals surface area contributed by atoms with E-state index in [0.717, 1.165) is 12.5 Å². The highest BCUT2D eigenvalue weighted by molar-refractivity contribution is 7.07. The largest absolute Gasteiger partial charge is 0.314 e. The van der Waals surface area contributed by atoms with E-state index < -0.39 is 0 Å². The van der Waals surface area contributed by atoms with Crippen LogP contribution in [0.5, 0.6) is 0 Å². The molecule has 0 amide bonds. The Kier molecular flexibility index (Phi) is 3.24. The molecule has 2 nitrogen and oxygen atoms in total. The summed E-state index contributed by atoms with van der Waals surface area (Å²) < 4.78 is 0. The standard InChI is InChI=1S/C14H22N2S/c1-14(13-2-3-13)11-15-6-8-16(14)7-4-12-5-9-17-10-12/h5,9-10,13,15H,2-4,6-8,11H2,1H3. The SMILES string of the molecule is CC1(C2CC2)CNCCN1CCc1ccsc1. The Morgan fingerprint density at radius 1 is 1.53 bits per heavy atom. The zero-order valence-electron chi connectivity index (χ0n) is 10.6. The van der Waals surface area contributed by atoms with Gasteiger partial charge in [0.15, 0.2) is 0 Å². The molecule has 3 rings (SSSR count). The summed E-state index contributed by atoms with van der Waals surface area (Å²) in [4.78, 5) is 2.73. The van der Waals surface area contributed by atoms with Crippen molar-refractivity contribution in [1.29, 1.82) is 0 Å². The zero-order valence-corrected chi connectivity index (χ0v) is 11.4. The summed E-state index contributed by atoms with van der Waals surface area (Å²) >= 11 is 1.81. The Morgan fingerprint density at radius 2 is 2.41 bits per heavy atom. The van der Waals surface area contributed by atoms with Crippen molar-refractivity contribution in [3.8, 4) is 0 Å². The molecule has 2 heterocycles. The summed E-state index contributed by atoms with van der Waals surface area (Å²) in [5.41, 5.74) is 1.93. The maximum atomic E-state index is 3.58. The van der Waals surface area contributed by atoms with E-state index in [2.05, 4.69) is 34.0 Å². The normalized spacial score (nSPS) is 30.6. The number of hydrogen-bond acceptors (Lipinski definition) is 3. The van der Waals surface area contributed by atoms with Crippen LogP contribution in [0.4, 0.5) is 0 Å². The molecule has 1 aromatic rings. The molecular weight excluding hydrogens is 228 g/mol. The predicted octanol–water partition coefficient (Wildman–Crippen LogP) is 2.36. The first-order valence-corrected chi connectivity index (χ1v) is 7.70. The van der Waals surface area contributed by atoms with Crippen LogP contribution in [-0.4, -0.2) is 36.6 Å². The molecule has 2 fully saturated rings. The first-order chi connectivity index (χ1) is 8.29. The highest BCUT2D eigenvalue weighted by Crippen LogP contribution is 2.43. The second kappa shape index (κ2) is 4.71. The lowest BCUT2D eigenvalue weighted by Gasteiger charge is -2.46. The van der Waals surface area contributed by atoms with Gasteiger partial charge in [-0.25, -0.2) is 0 Å². The van der Waals surface area contributed by atoms with E-state index in [-0.39, 0.29) is 0 Å². The van der Waals surface area contributed by atoms with Gasteiger partial charge in [0.05, 0.1) is 0 Å². The van der Waals surface area contributed by atoms with Crippen LogP contribution < -0.4 is 5.32 Å². The quantitative estimate of drug-likeness (QED) is 0.882. The van der Waals surface area contributed by atoms with Gasteiger partial charge in [0, 0.05) is 31.7 Å². The molecule has 2 aliphatic rings. The van der Waals surface area contributed by atoms with Gasteiger partial charge >= 0.3 is 0 Å². The Hall–Kier alpha value is -0.380. The molecule has 1 saturated carbocycles. The highest BCUT2D eigenvalue weighted by Gasteiger charge is 2.46. The summed E-state index contributed by atoms with van der Waals surface area (Å²) in [6.45, 7) is 7.25. The molecular formula is C14H22N2S. The molecule has 0 aromatic carbocycles. The van der Waals surface area contributed by atoms with E-state index in [1.165, 1.54) is 44.5 Å². The molecule has 3 heteroatoms. The predicted molar refractivity (Wildman–Crippen MR) is 73.6 cm³/mol. The van der Waals surface area contributed by atoms with Crippen molar-refractivity contribution in [2.75, 3.05) is 26.2 Å². The van der Waals surface area contributed by atoms with Crippen LogP contribution in [0.15, 0.2) is 16.8 Å². The van der Waals surface area contributed by atoms with Crippen molar-refractivity contribution in [1.82, 2.24) is 10.2 Å². The van der Waals surface area contributed by atoms with Crippen molar-refractivity contribution >= 4 is 11.3 Å². The molecule has 1 aromatic heterocycles. The molecule has 0 bridgehead atoms. The lowest BCUT2D eigenvalue weighted by molar-refractivity contribution is 0.0571. The summed E-state index contributed by atoms with van der Waals surface area (Å²) in [6.07, 6.45) is 4.09. The lowest BCUT2D eigenvalue weighted by Crippen LogP contribution is -2.61. The molecule has 1 N–H and O–H groups in total. The fraction of sp³-hybridized carbons (Fsp3) is 0.714. The van der Waals surface area contributed by atoms with Crippen LogP contribution in [0.25, 0.3) is 0 Å². The number of thiophene rings is 1. The first kappa shape index (κ1) is 11.7. The Morgan fingerprint density at radius 3 is 3.12 bits per heavy atom. The maximum absolute atomic E-state index is 3.58. The van der Waals surface area contributed by atoms with Gasteiger partial charge in [0.2, 0.25) is 0 Å². The number of piperazine rings is 1. The van der Waals surface area contributed by atoms with Crippen molar-refractivity contribution in [2.45, 2.75) is 31.7 Å². The van der Waals surface area contributed by atoms with Crippen LogP contribution in [0.1, 0.15) is 25.3 Å². The van der Waals surface area contributed by atoms with Crippen LogP contribution in [0.3, 0.4) is 0 Å². The van der Waals surface area contributed by atoms with Crippen molar-refractivity contribution < 1.29 is 0 Å². The summed E-state index contributed by atoms with van der Waals surface area (Å²) in [6, 6.07) is 2.27. The average molecular weight is 250 g/mol. The highest BCUT2D eigenvalue weighted by atomic mass is 32.1. The van der Waals surface area contributed by atoms with Crippen LogP contribution in [0, 0.1) is 5.92 Å². The van der Waals surface area contributed by atoms with Crippen molar-refractivity contribution in [3.05, 3.63) is 22.4 Å². The Balaban J connectivity index is 1.63. The van der Waals surface area contributed by atoms with E-state index in [0.29, 0.717) is 5.54 Å². The third-order valence-electron chi connectivity index (χ3n) is 4.47. The number of nitrogens with zero attached hydrogens (tertiary/aromatic N) is 1. The summed E-state index contributed by atoms with van der Waals surface area (Å²) in [7, 11) is 0. The van der Waals surface area contributed by atoms with E-state index in [9.17, 15) is 0 Å². The third-order valence-corrected chi connectivity index (χ3v) is 5.20. The molecule has 1 aliphatic carbocycles. The van der Waals surface area contributed by atoms with Gasteiger partial charge in [-0.05, 0) is 54.5 Å². The maximum Gasteiger partial charge on any atom is 0.0334 e. The lowest BCUT2D eigenvalue weighted by atomic mass is 9.91. The molecule has 94 valence electrons. The fourth-order valence-corrected chi connectivity index (χ4v) is 3.80. The van der Waals surface area contributed by atoms with E-state index in [4.69, 9.17) is 0 Å². The molecule has 17 heavy (non-hydrogen) atoms. The number of hydrogen-bond donors (Lipinski definition) is 1. The topological polar surface area (TPSA) is 15.3 Å². The van der Waals surface area contributed by atoms with Crippen LogP contribution in [-0.2, 0) is 6.42 Å². The van der Waals surface area contributed by atoms with Gasteiger partial charge in [-0.2, -0.15) is 11.3 Å². The third kappa shape index (κ3) is 2.42. The second-order valence-corrected chi connectivity index (χ2v) is 6.46. The van der Waals surface area contributed by atoms with E-state index in [1.54, 1.807) is 0 Å². The molecule has 1 saturated heterocycles. The molecule has 0 radical (unpaired) electrons. The van der Waals surface area contributed by atoms with E-state index in [1.807, 2.05) is 11.3 Å². The first-order valence-electron chi connectivity index (χ1n) is 6.76. The van der Waals surface area contributed by atoms with Gasteiger partial charge in [-0.15, -0.1) is 0 Å². The van der Waals surface area contributed by atoms with Crippen molar-refractivity contribution in [3.63, 3.8) is 0 Å². The minimum Gasteiger partial charge on any atom is -0.314 e. The zero-order chi connectivity index (χ0) is 11.7. The average Bonchev–Trinajstić information content (AvgIpc) is 3.08. The minimum absolute atomic E-state index is 0.425. The fourth-order valence-electron chi connectivity index (χ4n) is 3.10. The monoisotopic (exact) mass is 250 g/mol. The summed E-state index contributed by atoms with van der Waals surface area (Å²) in [5, 5.41) is 8.06. The number of rotatable bonds is 4. The number of nitrogens with one attached hydrogen (secondary N) is 1. The molecule has 1 unspecified atom stereocenters. The smallest absolute Gasteiger partial charge is 0.0334 e. The van der Waals surface area contributed by atoms with Gasteiger partial charge < -0.3 is 5.32 Å². The Bertz CT molecular complexity index is 358. The van der Waals surface area contributed by atoms with Crippen LogP contribution in [0.2, 0.25) is 0 Å². The van der Waals surface area contributed by atoms with Gasteiger partial charge in [-0.3, -0.25) is 4.90 Å². The molecule has 0 spiro atoms. The van der Waals surface area contributed by atoms with Gasteiger partial charge in [-0.1, -0.05) is 0 Å². The molecule has 1 atom stereocenters. The van der Waals surface area contributed by atoms with Gasteiger partial charge in [0.25, 0.3) is 0 Å². The van der Waals surface area contributed by atoms with Crippen LogP contribution >= 0.6 is 11.3 Å². The van der Waals surface area contributed by atoms with Gasteiger partial charge in [0.1, 0.15) is 0 Å². The Labute approximate surface area is 108 Å².